The Kier molecular flexibility index (Phi) is 2.98. The maximum absolute atomic E-state index is 11.1. The van der Waals surface area contributed by atoms with E-state index in [9.17, 15) is 9.90 Å². The number of nitrogens with zero attached hydrogens (tertiary/aromatic N) is 1. The number of carbonyl (C=O) groups is 1. The lowest BCUT2D eigenvalue weighted by Crippen LogP contribution is -2.15. The molecule has 0 radical (unpaired) electrons. The fourth-order valence-electron chi connectivity index (χ4n) is 2.73. The quantitative estimate of drug-likeness (QED) is 0.593. The Morgan fingerprint density at radius 1 is 1.41 bits per heavy atom. The van der Waals surface area contributed by atoms with Crippen LogP contribution in [-0.2, 0) is 17.8 Å². The first kappa shape index (κ1) is 13.4. The maximum Gasteiger partial charge on any atom is 0.317 e. The molecule has 0 aliphatic carbocycles. The van der Waals surface area contributed by atoms with Crippen LogP contribution in [0.15, 0.2) is 29.2 Å². The van der Waals surface area contributed by atoms with Gasteiger partial charge in [0.2, 0.25) is 0 Å². The van der Waals surface area contributed by atoms with Gasteiger partial charge in [-0.25, -0.2) is 0 Å². The highest BCUT2D eigenvalue weighted by molar-refractivity contribution is 8.01. The first-order valence-electron chi connectivity index (χ1n) is 6.85. The Morgan fingerprint density at radius 2 is 2.27 bits per heavy atom. The molecule has 0 fully saturated rings. The van der Waals surface area contributed by atoms with Crippen molar-refractivity contribution in [2.45, 2.75) is 23.2 Å². The zero-order chi connectivity index (χ0) is 15.3. The number of H-pyrrole nitrogens is 2. The van der Waals surface area contributed by atoms with Gasteiger partial charge in [-0.15, -0.1) is 11.8 Å². The molecule has 0 bridgehead atoms. The average molecular weight is 315 g/mol. The monoisotopic (exact) mass is 315 g/mol. The minimum Gasteiger partial charge on any atom is -0.480 e. The normalized spacial score (nSPS) is 17.0. The second-order valence-corrected chi connectivity index (χ2v) is 6.50. The highest BCUT2D eigenvalue weighted by atomic mass is 32.2. The van der Waals surface area contributed by atoms with E-state index in [-0.39, 0.29) is 6.61 Å². The third kappa shape index (κ3) is 2.01. The molecule has 4 N–H and O–H groups in total. The summed E-state index contributed by atoms with van der Waals surface area (Å²) < 4.78 is 0. The van der Waals surface area contributed by atoms with Gasteiger partial charge in [-0.2, -0.15) is 5.10 Å². The molecule has 0 spiro atoms. The zero-order valence-electron chi connectivity index (χ0n) is 11.5. The van der Waals surface area contributed by atoms with Gasteiger partial charge in [0.25, 0.3) is 0 Å². The smallest absolute Gasteiger partial charge is 0.317 e. The van der Waals surface area contributed by atoms with Crippen molar-refractivity contribution in [3.8, 4) is 11.4 Å². The lowest BCUT2D eigenvalue weighted by Gasteiger charge is -2.01. The first-order chi connectivity index (χ1) is 10.7. The predicted molar refractivity (Wildman–Crippen MR) is 82.8 cm³/mol. The van der Waals surface area contributed by atoms with Crippen LogP contribution in [0.3, 0.4) is 0 Å². The van der Waals surface area contributed by atoms with Crippen molar-refractivity contribution in [2.75, 3.05) is 0 Å². The number of hydrogen-bond donors (Lipinski definition) is 4. The summed E-state index contributed by atoms with van der Waals surface area (Å²) in [5.74, 6) is -0.801. The summed E-state index contributed by atoms with van der Waals surface area (Å²) in [6, 6.07) is 7.69. The number of thioether (sulfide) groups is 1. The molecular formula is C15H13N3O3S. The van der Waals surface area contributed by atoms with Crippen molar-refractivity contribution in [1.82, 2.24) is 15.2 Å². The van der Waals surface area contributed by atoms with Crippen molar-refractivity contribution < 1.29 is 15.0 Å². The molecule has 1 unspecified atom stereocenters. The number of aromatic nitrogens is 3. The van der Waals surface area contributed by atoms with Gasteiger partial charge in [-0.1, -0.05) is 6.07 Å². The van der Waals surface area contributed by atoms with Gasteiger partial charge in [0.05, 0.1) is 22.9 Å². The van der Waals surface area contributed by atoms with Gasteiger partial charge >= 0.3 is 5.97 Å². The molecule has 112 valence electrons. The molecule has 3 heterocycles. The number of aromatic amines is 2. The molecule has 0 amide bonds. The Bertz CT molecular complexity index is 883. The average Bonchev–Trinajstić information content (AvgIpc) is 3.18. The van der Waals surface area contributed by atoms with Crippen LogP contribution in [0.25, 0.3) is 22.3 Å². The van der Waals surface area contributed by atoms with Crippen molar-refractivity contribution in [3.63, 3.8) is 0 Å². The number of rotatable bonds is 3. The zero-order valence-corrected chi connectivity index (χ0v) is 12.3. The minimum atomic E-state index is -0.801. The van der Waals surface area contributed by atoms with E-state index < -0.39 is 11.2 Å². The number of aliphatic hydroxyl groups is 1. The second-order valence-electron chi connectivity index (χ2n) is 5.29. The van der Waals surface area contributed by atoms with E-state index in [4.69, 9.17) is 5.11 Å². The van der Waals surface area contributed by atoms with Gasteiger partial charge in [0.15, 0.2) is 0 Å². The fourth-order valence-corrected chi connectivity index (χ4v) is 3.90. The SMILES string of the molecule is O=C(O)C1Cc2[nH]nc(-c3cc4cc(CO)ccc4[nH]3)c2S1. The standard InChI is InChI=1S/C15H13N3O3S/c19-6-7-1-2-9-8(3-7)4-10(16-9)13-14-11(17-18-13)5-12(22-14)15(20)21/h1-4,12,16,19H,5-6H2,(H,17,18)(H,20,21). The highest BCUT2D eigenvalue weighted by Crippen LogP contribution is 2.42. The molecule has 6 nitrogen and oxygen atoms in total. The number of aliphatic hydroxyl groups excluding tert-OH is 1. The number of carboxylic acid groups (broad SMARTS) is 1. The fraction of sp³-hybridized carbons (Fsp3) is 0.200. The summed E-state index contributed by atoms with van der Waals surface area (Å²) in [4.78, 5) is 15.3. The van der Waals surface area contributed by atoms with Gasteiger partial charge in [0, 0.05) is 17.3 Å². The Morgan fingerprint density at radius 3 is 3.05 bits per heavy atom. The van der Waals surface area contributed by atoms with Crippen LogP contribution in [0.5, 0.6) is 0 Å². The summed E-state index contributed by atoms with van der Waals surface area (Å²) in [5, 5.41) is 26.2. The molecule has 1 aliphatic rings. The predicted octanol–water partition coefficient (Wildman–Crippen LogP) is 2.15. The largest absolute Gasteiger partial charge is 0.480 e. The summed E-state index contributed by atoms with van der Waals surface area (Å²) in [6.07, 6.45) is 0.469. The van der Waals surface area contributed by atoms with E-state index in [1.807, 2.05) is 24.3 Å². The number of benzene rings is 1. The highest BCUT2D eigenvalue weighted by Gasteiger charge is 2.32. The van der Waals surface area contributed by atoms with Crippen molar-refractivity contribution in [3.05, 3.63) is 35.5 Å². The Balaban J connectivity index is 1.76. The molecule has 3 aromatic rings. The third-order valence-electron chi connectivity index (χ3n) is 3.84. The van der Waals surface area contributed by atoms with Crippen LogP contribution in [0.1, 0.15) is 11.3 Å². The van der Waals surface area contributed by atoms with Crippen molar-refractivity contribution in [1.29, 1.82) is 0 Å². The van der Waals surface area contributed by atoms with E-state index in [2.05, 4.69) is 15.2 Å². The lowest BCUT2D eigenvalue weighted by molar-refractivity contribution is -0.136. The van der Waals surface area contributed by atoms with Crippen LogP contribution >= 0.6 is 11.8 Å². The van der Waals surface area contributed by atoms with Crippen LogP contribution < -0.4 is 0 Å². The summed E-state index contributed by atoms with van der Waals surface area (Å²) in [7, 11) is 0. The van der Waals surface area contributed by atoms with Gasteiger partial charge in [0.1, 0.15) is 10.9 Å². The van der Waals surface area contributed by atoms with Crippen molar-refractivity contribution in [2.24, 2.45) is 0 Å². The van der Waals surface area contributed by atoms with Gasteiger partial charge in [-0.3, -0.25) is 9.89 Å². The summed E-state index contributed by atoms with van der Waals surface area (Å²) in [6.45, 7) is 0.00436. The van der Waals surface area contributed by atoms with Gasteiger partial charge in [-0.05, 0) is 23.8 Å². The Labute approximate surface area is 129 Å². The van der Waals surface area contributed by atoms with Gasteiger partial charge < -0.3 is 15.2 Å². The minimum absolute atomic E-state index is 0.00436. The van der Waals surface area contributed by atoms with Crippen LogP contribution in [0, 0.1) is 0 Å². The topological polar surface area (TPSA) is 102 Å². The summed E-state index contributed by atoms with van der Waals surface area (Å²) >= 11 is 1.34. The van der Waals surface area contributed by atoms with Crippen LogP contribution in [0.4, 0.5) is 0 Å². The summed E-state index contributed by atoms with van der Waals surface area (Å²) in [5.41, 5.74) is 4.29. The second kappa shape index (κ2) is 4.89. The number of hydrogen-bond acceptors (Lipinski definition) is 4. The molecule has 4 rings (SSSR count). The van der Waals surface area contributed by atoms with E-state index in [1.54, 1.807) is 0 Å². The molecule has 0 saturated carbocycles. The van der Waals surface area contributed by atoms with Crippen LogP contribution in [0.2, 0.25) is 0 Å². The molecule has 1 aliphatic heterocycles. The number of nitrogens with one attached hydrogen (secondary N) is 2. The molecule has 1 atom stereocenters. The number of fused-ring (bicyclic) bond motifs is 2. The Hall–Kier alpha value is -2.25. The van der Waals surface area contributed by atoms with Crippen molar-refractivity contribution >= 4 is 28.6 Å². The molecule has 7 heteroatoms. The molecule has 22 heavy (non-hydrogen) atoms. The van der Waals surface area contributed by atoms with E-state index >= 15 is 0 Å². The molecule has 0 saturated heterocycles. The van der Waals surface area contributed by atoms with E-state index in [0.29, 0.717) is 6.42 Å². The molecular weight excluding hydrogens is 302 g/mol. The lowest BCUT2D eigenvalue weighted by atomic mass is 10.1. The van der Waals surface area contributed by atoms with E-state index in [0.717, 1.165) is 38.4 Å². The van der Waals surface area contributed by atoms with E-state index in [1.165, 1.54) is 11.8 Å². The number of carboxylic acids is 1. The maximum atomic E-state index is 11.1. The van der Waals surface area contributed by atoms with Crippen LogP contribution in [-0.4, -0.2) is 36.6 Å². The first-order valence-corrected chi connectivity index (χ1v) is 7.73. The third-order valence-corrected chi connectivity index (χ3v) is 5.17. The molecule has 1 aromatic carbocycles. The molecule has 2 aromatic heterocycles. The number of aliphatic carboxylic acids is 1.